The van der Waals surface area contributed by atoms with Gasteiger partial charge in [0.15, 0.2) is 0 Å². The van der Waals surface area contributed by atoms with Crippen LogP contribution < -0.4 is 0 Å². The third-order valence-electron chi connectivity index (χ3n) is 3.33. The van der Waals surface area contributed by atoms with Crippen molar-refractivity contribution in [3.05, 3.63) is 10.4 Å². The number of nitrogens with zero attached hydrogens (tertiary/aromatic N) is 3. The second-order valence-corrected chi connectivity index (χ2v) is 4.65. The highest BCUT2D eigenvalue weighted by Crippen LogP contribution is 2.29. The number of rotatable bonds is 6. The molecule has 1 fully saturated rings. The molecule has 0 bridgehead atoms. The molecule has 0 heterocycles. The number of ether oxygens (including phenoxy) is 1. The summed E-state index contributed by atoms with van der Waals surface area (Å²) in [4.78, 5) is 14.5. The van der Waals surface area contributed by atoms with Crippen LogP contribution in [0.15, 0.2) is 5.11 Å². The van der Waals surface area contributed by atoms with Crippen LogP contribution in [0, 0.1) is 11.8 Å². The Hall–Kier alpha value is -1.22. The van der Waals surface area contributed by atoms with Gasteiger partial charge in [-0.25, -0.2) is 0 Å². The van der Waals surface area contributed by atoms with E-state index in [1.807, 2.05) is 0 Å². The smallest absolute Gasteiger partial charge is 0.308 e. The van der Waals surface area contributed by atoms with Crippen LogP contribution in [-0.4, -0.2) is 19.1 Å². The lowest BCUT2D eigenvalue weighted by molar-refractivity contribution is -0.150. The van der Waals surface area contributed by atoms with Crippen molar-refractivity contribution >= 4 is 5.97 Å². The maximum atomic E-state index is 11.7. The van der Waals surface area contributed by atoms with Crippen molar-refractivity contribution in [2.75, 3.05) is 13.2 Å². The molecule has 0 radical (unpaired) electrons. The van der Waals surface area contributed by atoms with Crippen molar-refractivity contribution in [1.29, 1.82) is 0 Å². The summed E-state index contributed by atoms with van der Waals surface area (Å²) in [5, 5.41) is 3.59. The lowest BCUT2D eigenvalue weighted by Crippen LogP contribution is -2.25. The summed E-state index contributed by atoms with van der Waals surface area (Å²) in [5.74, 6) is 0.473. The van der Waals surface area contributed by atoms with Gasteiger partial charge in [0.2, 0.25) is 0 Å². The molecule has 0 unspecified atom stereocenters. The number of hydrogen-bond acceptors (Lipinski definition) is 3. The van der Waals surface area contributed by atoms with Gasteiger partial charge in [0.25, 0.3) is 0 Å². The Bertz CT molecular complexity index is 279. The molecule has 0 amide bonds. The zero-order chi connectivity index (χ0) is 12.5. The van der Waals surface area contributed by atoms with Gasteiger partial charge in [-0.1, -0.05) is 18.5 Å². The Morgan fingerprint density at radius 1 is 1.41 bits per heavy atom. The first-order valence-electron chi connectivity index (χ1n) is 6.45. The fourth-order valence-electron chi connectivity index (χ4n) is 2.17. The standard InChI is InChI=1S/C12H21N3O2/c1-2-3-8-17-12(16)11-6-4-10(5-7-11)9-14-15-13/h10-11H,2-9H2,1H3/t10-,11+. The van der Waals surface area contributed by atoms with E-state index in [2.05, 4.69) is 16.9 Å². The zero-order valence-electron chi connectivity index (χ0n) is 10.5. The largest absolute Gasteiger partial charge is 0.465 e. The minimum absolute atomic E-state index is 0.0410. The van der Waals surface area contributed by atoms with E-state index >= 15 is 0 Å². The molecule has 1 rings (SSSR count). The molecular formula is C12H21N3O2. The third-order valence-corrected chi connectivity index (χ3v) is 3.33. The highest BCUT2D eigenvalue weighted by molar-refractivity contribution is 5.72. The molecular weight excluding hydrogens is 218 g/mol. The number of azide groups is 1. The molecule has 5 heteroatoms. The summed E-state index contributed by atoms with van der Waals surface area (Å²) in [6.07, 6.45) is 5.66. The molecule has 0 aliphatic heterocycles. The Morgan fingerprint density at radius 3 is 2.71 bits per heavy atom. The van der Waals surface area contributed by atoms with Gasteiger partial charge in [0.1, 0.15) is 0 Å². The lowest BCUT2D eigenvalue weighted by Gasteiger charge is -2.26. The third kappa shape index (κ3) is 5.09. The fraction of sp³-hybridized carbons (Fsp3) is 0.917. The molecule has 0 aromatic rings. The summed E-state index contributed by atoms with van der Waals surface area (Å²) in [5.41, 5.74) is 8.24. The Morgan fingerprint density at radius 2 is 2.12 bits per heavy atom. The maximum absolute atomic E-state index is 11.7. The number of esters is 1. The molecule has 0 spiro atoms. The van der Waals surface area contributed by atoms with Crippen molar-refractivity contribution in [1.82, 2.24) is 0 Å². The van der Waals surface area contributed by atoms with Crippen molar-refractivity contribution < 1.29 is 9.53 Å². The van der Waals surface area contributed by atoms with Gasteiger partial charge in [-0.3, -0.25) is 4.79 Å². The summed E-state index contributed by atoms with van der Waals surface area (Å²) in [6, 6.07) is 0. The fourth-order valence-corrected chi connectivity index (χ4v) is 2.17. The zero-order valence-corrected chi connectivity index (χ0v) is 10.5. The summed E-state index contributed by atoms with van der Waals surface area (Å²) < 4.78 is 5.22. The van der Waals surface area contributed by atoms with Crippen LogP contribution in [0.25, 0.3) is 10.4 Å². The second-order valence-electron chi connectivity index (χ2n) is 4.65. The Kier molecular flexibility index (Phi) is 6.48. The van der Waals surface area contributed by atoms with E-state index in [1.54, 1.807) is 0 Å². The monoisotopic (exact) mass is 239 g/mol. The number of unbranched alkanes of at least 4 members (excludes halogenated alkanes) is 1. The molecule has 1 aliphatic carbocycles. The topological polar surface area (TPSA) is 75.1 Å². The molecule has 96 valence electrons. The number of carbonyl (C=O) groups excluding carboxylic acids is 1. The molecule has 0 aromatic carbocycles. The minimum atomic E-state index is -0.0410. The van der Waals surface area contributed by atoms with Gasteiger partial charge in [0.05, 0.1) is 12.5 Å². The predicted molar refractivity (Wildman–Crippen MR) is 65.3 cm³/mol. The van der Waals surface area contributed by atoms with Gasteiger partial charge in [-0.05, 0) is 43.6 Å². The van der Waals surface area contributed by atoms with Crippen molar-refractivity contribution in [3.8, 4) is 0 Å². The van der Waals surface area contributed by atoms with Crippen LogP contribution in [-0.2, 0) is 9.53 Å². The first kappa shape index (κ1) is 13.8. The Labute approximate surface area is 102 Å². The highest BCUT2D eigenvalue weighted by Gasteiger charge is 2.26. The van der Waals surface area contributed by atoms with E-state index < -0.39 is 0 Å². The summed E-state index contributed by atoms with van der Waals surface area (Å²) >= 11 is 0. The second kappa shape index (κ2) is 7.96. The molecule has 1 saturated carbocycles. The van der Waals surface area contributed by atoms with Gasteiger partial charge in [0, 0.05) is 11.5 Å². The van der Waals surface area contributed by atoms with Gasteiger partial charge in [-0.2, -0.15) is 0 Å². The van der Waals surface area contributed by atoms with E-state index in [9.17, 15) is 4.79 Å². The number of carbonyl (C=O) groups is 1. The average Bonchev–Trinajstić information content (AvgIpc) is 2.37. The van der Waals surface area contributed by atoms with Crippen LogP contribution in [0.2, 0.25) is 0 Å². The molecule has 1 aliphatic rings. The van der Waals surface area contributed by atoms with Crippen LogP contribution in [0.5, 0.6) is 0 Å². The van der Waals surface area contributed by atoms with Crippen molar-refractivity contribution in [3.63, 3.8) is 0 Å². The average molecular weight is 239 g/mol. The Balaban J connectivity index is 2.21. The summed E-state index contributed by atoms with van der Waals surface area (Å²) in [6.45, 7) is 3.19. The first-order valence-corrected chi connectivity index (χ1v) is 6.45. The minimum Gasteiger partial charge on any atom is -0.465 e. The van der Waals surface area contributed by atoms with Crippen LogP contribution in [0.4, 0.5) is 0 Å². The lowest BCUT2D eigenvalue weighted by atomic mass is 9.82. The van der Waals surface area contributed by atoms with Crippen LogP contribution in [0.3, 0.4) is 0 Å². The quantitative estimate of drug-likeness (QED) is 0.234. The normalized spacial score (nSPS) is 23.8. The van der Waals surface area contributed by atoms with E-state index in [1.165, 1.54) is 0 Å². The van der Waals surface area contributed by atoms with Crippen LogP contribution in [0.1, 0.15) is 45.4 Å². The molecule has 0 saturated heterocycles. The van der Waals surface area contributed by atoms with E-state index in [0.29, 0.717) is 19.1 Å². The predicted octanol–water partition coefficient (Wildman–Crippen LogP) is 3.45. The molecule has 0 N–H and O–H groups in total. The van der Waals surface area contributed by atoms with Crippen molar-refractivity contribution in [2.24, 2.45) is 17.0 Å². The van der Waals surface area contributed by atoms with E-state index in [-0.39, 0.29) is 11.9 Å². The SMILES string of the molecule is CCCCOC(=O)[C@H]1CC[C@@H](CN=[N+]=[N-])CC1. The van der Waals surface area contributed by atoms with Crippen molar-refractivity contribution in [2.45, 2.75) is 45.4 Å². The summed E-state index contributed by atoms with van der Waals surface area (Å²) in [7, 11) is 0. The number of hydrogen-bond donors (Lipinski definition) is 0. The van der Waals surface area contributed by atoms with Gasteiger partial charge >= 0.3 is 5.97 Å². The molecule has 0 atom stereocenters. The first-order chi connectivity index (χ1) is 8.27. The molecule has 0 aromatic heterocycles. The van der Waals surface area contributed by atoms with Crippen LogP contribution >= 0.6 is 0 Å². The molecule has 5 nitrogen and oxygen atoms in total. The highest BCUT2D eigenvalue weighted by atomic mass is 16.5. The van der Waals surface area contributed by atoms with E-state index in [4.69, 9.17) is 10.3 Å². The van der Waals surface area contributed by atoms with E-state index in [0.717, 1.165) is 38.5 Å². The van der Waals surface area contributed by atoms with Gasteiger partial charge in [-0.15, -0.1) is 0 Å². The maximum Gasteiger partial charge on any atom is 0.308 e. The van der Waals surface area contributed by atoms with Gasteiger partial charge < -0.3 is 4.74 Å². The molecule has 17 heavy (non-hydrogen) atoms.